The van der Waals surface area contributed by atoms with Crippen molar-refractivity contribution in [2.45, 2.75) is 0 Å². The van der Waals surface area contributed by atoms with Crippen LogP contribution in [-0.2, 0) is 0 Å². The third kappa shape index (κ3) is 3.84. The standard InChI is InChI=1S/C17H12FN3OS/c18-13-7-5-12(6-8-13)3-1-9-19-17(22)15-11-14(20-21-15)16-4-2-10-23-16/h2,4-8,10-11H,9H2,(H,19,22)(H,20,21). The molecule has 0 atom stereocenters. The van der Waals surface area contributed by atoms with Crippen molar-refractivity contribution in [2.24, 2.45) is 0 Å². The first-order chi connectivity index (χ1) is 11.2. The zero-order valence-electron chi connectivity index (χ0n) is 12.0. The van der Waals surface area contributed by atoms with Crippen molar-refractivity contribution in [1.82, 2.24) is 15.5 Å². The average Bonchev–Trinajstić information content (AvgIpc) is 3.23. The number of hydrogen-bond acceptors (Lipinski definition) is 3. The molecule has 3 aromatic rings. The number of hydrogen-bond donors (Lipinski definition) is 2. The van der Waals surface area contributed by atoms with E-state index < -0.39 is 0 Å². The fraction of sp³-hybridized carbons (Fsp3) is 0.0588. The van der Waals surface area contributed by atoms with Gasteiger partial charge in [-0.15, -0.1) is 11.3 Å². The molecule has 0 radical (unpaired) electrons. The molecule has 2 aromatic heterocycles. The third-order valence-electron chi connectivity index (χ3n) is 3.01. The van der Waals surface area contributed by atoms with E-state index in [4.69, 9.17) is 0 Å². The molecule has 0 spiro atoms. The van der Waals surface area contributed by atoms with Crippen LogP contribution in [0.1, 0.15) is 16.1 Å². The number of halogens is 1. The van der Waals surface area contributed by atoms with E-state index in [0.29, 0.717) is 11.3 Å². The highest BCUT2D eigenvalue weighted by Gasteiger charge is 2.10. The fourth-order valence-electron chi connectivity index (χ4n) is 1.89. The zero-order chi connectivity index (χ0) is 16.1. The Morgan fingerprint density at radius 2 is 2.13 bits per heavy atom. The molecule has 0 aliphatic rings. The molecule has 2 N–H and O–H groups in total. The Kier molecular flexibility index (Phi) is 4.50. The highest BCUT2D eigenvalue weighted by atomic mass is 32.1. The van der Waals surface area contributed by atoms with Gasteiger partial charge in [-0.2, -0.15) is 5.10 Å². The van der Waals surface area contributed by atoms with Gasteiger partial charge in [0.1, 0.15) is 5.82 Å². The van der Waals surface area contributed by atoms with E-state index in [1.165, 1.54) is 12.1 Å². The summed E-state index contributed by atoms with van der Waals surface area (Å²) < 4.78 is 12.8. The van der Waals surface area contributed by atoms with Crippen LogP contribution in [0.4, 0.5) is 4.39 Å². The van der Waals surface area contributed by atoms with Crippen molar-refractivity contribution in [2.75, 3.05) is 6.54 Å². The first kappa shape index (κ1) is 15.0. The van der Waals surface area contributed by atoms with E-state index in [0.717, 1.165) is 10.6 Å². The van der Waals surface area contributed by atoms with Gasteiger partial charge in [-0.25, -0.2) is 4.39 Å². The molecule has 0 unspecified atom stereocenters. The summed E-state index contributed by atoms with van der Waals surface area (Å²) >= 11 is 1.57. The smallest absolute Gasteiger partial charge is 0.272 e. The van der Waals surface area contributed by atoms with Crippen LogP contribution in [-0.4, -0.2) is 22.6 Å². The fourth-order valence-corrected chi connectivity index (χ4v) is 2.58. The molecule has 0 fully saturated rings. The van der Waals surface area contributed by atoms with Crippen LogP contribution < -0.4 is 5.32 Å². The average molecular weight is 325 g/mol. The number of benzene rings is 1. The first-order valence-corrected chi connectivity index (χ1v) is 7.72. The number of nitrogens with zero attached hydrogens (tertiary/aromatic N) is 1. The molecule has 6 heteroatoms. The molecule has 0 saturated heterocycles. The van der Waals surface area contributed by atoms with Gasteiger partial charge in [-0.1, -0.05) is 17.9 Å². The van der Waals surface area contributed by atoms with Gasteiger partial charge < -0.3 is 5.32 Å². The highest BCUT2D eigenvalue weighted by molar-refractivity contribution is 7.13. The number of thiophene rings is 1. The molecule has 4 nitrogen and oxygen atoms in total. The van der Waals surface area contributed by atoms with Crippen LogP contribution >= 0.6 is 11.3 Å². The van der Waals surface area contributed by atoms with Crippen molar-refractivity contribution in [3.8, 4) is 22.4 Å². The Balaban J connectivity index is 1.57. The lowest BCUT2D eigenvalue weighted by atomic mass is 10.2. The Morgan fingerprint density at radius 3 is 2.87 bits per heavy atom. The monoisotopic (exact) mass is 325 g/mol. The van der Waals surface area contributed by atoms with Crippen LogP contribution in [0.2, 0.25) is 0 Å². The molecule has 0 aliphatic carbocycles. The summed E-state index contributed by atoms with van der Waals surface area (Å²) in [5, 5.41) is 11.5. The maximum atomic E-state index is 12.8. The van der Waals surface area contributed by atoms with E-state index in [2.05, 4.69) is 27.4 Å². The molecule has 114 valence electrons. The predicted molar refractivity (Wildman–Crippen MR) is 87.5 cm³/mol. The number of rotatable bonds is 3. The number of aromatic nitrogens is 2. The van der Waals surface area contributed by atoms with Crippen LogP contribution in [0.3, 0.4) is 0 Å². The second-order valence-electron chi connectivity index (χ2n) is 4.64. The van der Waals surface area contributed by atoms with Crippen LogP contribution in [0.5, 0.6) is 0 Å². The number of aromatic amines is 1. The molecule has 1 amide bonds. The summed E-state index contributed by atoms with van der Waals surface area (Å²) in [7, 11) is 0. The van der Waals surface area contributed by atoms with E-state index in [-0.39, 0.29) is 18.3 Å². The van der Waals surface area contributed by atoms with Crippen LogP contribution in [0.25, 0.3) is 10.6 Å². The van der Waals surface area contributed by atoms with E-state index >= 15 is 0 Å². The van der Waals surface area contributed by atoms with Gasteiger partial charge in [0, 0.05) is 5.56 Å². The van der Waals surface area contributed by atoms with Gasteiger partial charge in [-0.3, -0.25) is 9.89 Å². The lowest BCUT2D eigenvalue weighted by Gasteiger charge is -1.96. The second-order valence-corrected chi connectivity index (χ2v) is 5.58. The van der Waals surface area contributed by atoms with E-state index in [1.807, 2.05) is 17.5 Å². The van der Waals surface area contributed by atoms with Crippen molar-refractivity contribution in [3.05, 3.63) is 64.9 Å². The second kappa shape index (κ2) is 6.90. The van der Waals surface area contributed by atoms with Crippen LogP contribution in [0, 0.1) is 17.7 Å². The van der Waals surface area contributed by atoms with E-state index in [1.54, 1.807) is 29.5 Å². The normalized spacial score (nSPS) is 9.96. The van der Waals surface area contributed by atoms with E-state index in [9.17, 15) is 9.18 Å². The largest absolute Gasteiger partial charge is 0.340 e. The molecular weight excluding hydrogens is 313 g/mol. The lowest BCUT2D eigenvalue weighted by Crippen LogP contribution is -2.23. The number of carbonyl (C=O) groups excluding carboxylic acids is 1. The maximum absolute atomic E-state index is 12.8. The molecule has 0 saturated carbocycles. The minimum absolute atomic E-state index is 0.192. The maximum Gasteiger partial charge on any atom is 0.272 e. The van der Waals surface area contributed by atoms with Crippen molar-refractivity contribution in [1.29, 1.82) is 0 Å². The number of carbonyl (C=O) groups is 1. The summed E-state index contributed by atoms with van der Waals surface area (Å²) in [4.78, 5) is 13.0. The third-order valence-corrected chi connectivity index (χ3v) is 3.91. The summed E-state index contributed by atoms with van der Waals surface area (Å²) in [6.45, 7) is 0.192. The molecule has 0 bridgehead atoms. The summed E-state index contributed by atoms with van der Waals surface area (Å²) in [5.41, 5.74) is 1.82. The van der Waals surface area contributed by atoms with Crippen molar-refractivity contribution < 1.29 is 9.18 Å². The Hall–Kier alpha value is -2.91. The Morgan fingerprint density at radius 1 is 1.30 bits per heavy atom. The molecule has 1 aromatic carbocycles. The number of nitrogens with one attached hydrogen (secondary N) is 2. The Labute approximate surface area is 136 Å². The molecule has 23 heavy (non-hydrogen) atoms. The topological polar surface area (TPSA) is 57.8 Å². The SMILES string of the molecule is O=C(NCC#Cc1ccc(F)cc1)c1cc(-c2cccs2)[nH]n1. The summed E-state index contributed by atoms with van der Waals surface area (Å²) in [5.74, 6) is 5.07. The first-order valence-electron chi connectivity index (χ1n) is 6.84. The van der Waals surface area contributed by atoms with Gasteiger partial charge in [0.15, 0.2) is 5.69 Å². The molecule has 3 rings (SSSR count). The zero-order valence-corrected chi connectivity index (χ0v) is 12.8. The van der Waals surface area contributed by atoms with Gasteiger partial charge >= 0.3 is 0 Å². The minimum Gasteiger partial charge on any atom is -0.340 e. The highest BCUT2D eigenvalue weighted by Crippen LogP contribution is 2.22. The lowest BCUT2D eigenvalue weighted by molar-refractivity contribution is 0.0953. The Bertz CT molecular complexity index is 857. The quantitative estimate of drug-likeness (QED) is 0.727. The van der Waals surface area contributed by atoms with Crippen LogP contribution in [0.15, 0.2) is 47.8 Å². The van der Waals surface area contributed by atoms with Gasteiger partial charge in [0.25, 0.3) is 5.91 Å². The summed E-state index contributed by atoms with van der Waals surface area (Å²) in [6, 6.07) is 11.5. The van der Waals surface area contributed by atoms with Gasteiger partial charge in [0.2, 0.25) is 0 Å². The number of amides is 1. The summed E-state index contributed by atoms with van der Waals surface area (Å²) in [6.07, 6.45) is 0. The molecular formula is C17H12FN3OS. The van der Waals surface area contributed by atoms with Gasteiger partial charge in [0.05, 0.1) is 17.1 Å². The molecule has 0 aliphatic heterocycles. The number of H-pyrrole nitrogens is 1. The van der Waals surface area contributed by atoms with Crippen molar-refractivity contribution >= 4 is 17.2 Å². The van der Waals surface area contributed by atoms with Gasteiger partial charge in [-0.05, 0) is 41.8 Å². The molecule has 2 heterocycles. The van der Waals surface area contributed by atoms with Crippen molar-refractivity contribution in [3.63, 3.8) is 0 Å². The minimum atomic E-state index is -0.302. The predicted octanol–water partition coefficient (Wildman–Crippen LogP) is 3.06.